The molecule has 0 bridgehead atoms. The van der Waals surface area contributed by atoms with Gasteiger partial charge in [-0.2, -0.15) is 0 Å². The molecule has 0 saturated heterocycles. The third-order valence-electron chi connectivity index (χ3n) is 3.49. The van der Waals surface area contributed by atoms with E-state index in [4.69, 9.17) is 18.0 Å². The Labute approximate surface area is 126 Å². The van der Waals surface area contributed by atoms with Crippen molar-refractivity contribution in [1.29, 1.82) is 0 Å². The van der Waals surface area contributed by atoms with E-state index in [2.05, 4.69) is 49.5 Å². The summed E-state index contributed by atoms with van der Waals surface area (Å²) in [5.74, 6) is 0. The summed E-state index contributed by atoms with van der Waals surface area (Å²) in [6.45, 7) is 5.02. The van der Waals surface area contributed by atoms with E-state index < -0.39 is 0 Å². The Morgan fingerprint density at radius 1 is 1.10 bits per heavy atom. The van der Waals surface area contributed by atoms with E-state index in [0.717, 1.165) is 29.8 Å². The molecule has 2 aromatic carbocycles. The summed E-state index contributed by atoms with van der Waals surface area (Å²) in [5.41, 5.74) is 11.6. The Hall–Kier alpha value is -1.87. The molecule has 3 heteroatoms. The van der Waals surface area contributed by atoms with Crippen LogP contribution < -0.4 is 11.1 Å². The zero-order chi connectivity index (χ0) is 14.5. The van der Waals surface area contributed by atoms with Gasteiger partial charge in [-0.3, -0.25) is 0 Å². The molecular weight excluding hydrogens is 264 g/mol. The number of aryl methyl sites for hydroxylation is 2. The smallest absolute Gasteiger partial charge is 0.106 e. The monoisotopic (exact) mass is 284 g/mol. The van der Waals surface area contributed by atoms with E-state index in [1.165, 1.54) is 11.1 Å². The molecule has 0 heterocycles. The standard InChI is InChI=1S/C17H20N2S/c1-3-13-8-4-5-9-14(13)11-19-16-12(2)7-6-10-15(16)17(18)20/h4-10,19H,3,11H2,1-2H3,(H2,18,20). The number of hydrogen-bond donors (Lipinski definition) is 2. The van der Waals surface area contributed by atoms with Gasteiger partial charge < -0.3 is 11.1 Å². The van der Waals surface area contributed by atoms with Gasteiger partial charge in [-0.1, -0.05) is 55.5 Å². The molecule has 3 N–H and O–H groups in total. The van der Waals surface area contributed by atoms with Crippen molar-refractivity contribution in [3.05, 3.63) is 64.7 Å². The molecule has 0 saturated carbocycles. The van der Waals surface area contributed by atoms with Crippen molar-refractivity contribution in [3.63, 3.8) is 0 Å². The van der Waals surface area contributed by atoms with Gasteiger partial charge in [0.05, 0.1) is 0 Å². The predicted molar refractivity (Wildman–Crippen MR) is 90.2 cm³/mol. The first kappa shape index (κ1) is 14.5. The fourth-order valence-corrected chi connectivity index (χ4v) is 2.54. The summed E-state index contributed by atoms with van der Waals surface area (Å²) < 4.78 is 0. The molecule has 2 aromatic rings. The number of rotatable bonds is 5. The summed E-state index contributed by atoms with van der Waals surface area (Å²) in [4.78, 5) is 0.431. The molecule has 0 amide bonds. The predicted octanol–water partition coefficient (Wildman–Crippen LogP) is 3.80. The number of anilines is 1. The van der Waals surface area contributed by atoms with E-state index >= 15 is 0 Å². The highest BCUT2D eigenvalue weighted by Gasteiger charge is 2.08. The van der Waals surface area contributed by atoms with Crippen LogP contribution in [0.25, 0.3) is 0 Å². The highest BCUT2D eigenvalue weighted by molar-refractivity contribution is 7.80. The molecule has 0 radical (unpaired) electrons. The van der Waals surface area contributed by atoms with Crippen LogP contribution in [0.5, 0.6) is 0 Å². The quantitative estimate of drug-likeness (QED) is 0.820. The van der Waals surface area contributed by atoms with Gasteiger partial charge in [-0.05, 0) is 36.1 Å². The summed E-state index contributed by atoms with van der Waals surface area (Å²) in [7, 11) is 0. The molecule has 0 unspecified atom stereocenters. The average Bonchev–Trinajstić information content (AvgIpc) is 2.46. The van der Waals surface area contributed by atoms with Crippen LogP contribution in [0.2, 0.25) is 0 Å². The molecular formula is C17H20N2S. The lowest BCUT2D eigenvalue weighted by atomic mass is 10.0. The molecule has 0 aliphatic carbocycles. The van der Waals surface area contributed by atoms with Crippen LogP contribution >= 0.6 is 12.2 Å². The highest BCUT2D eigenvalue weighted by Crippen LogP contribution is 2.22. The van der Waals surface area contributed by atoms with Gasteiger partial charge in [0.1, 0.15) is 4.99 Å². The molecule has 0 spiro atoms. The molecule has 104 valence electrons. The van der Waals surface area contributed by atoms with Crippen LogP contribution in [-0.2, 0) is 13.0 Å². The first-order valence-corrected chi connectivity index (χ1v) is 7.24. The third kappa shape index (κ3) is 3.17. The third-order valence-corrected chi connectivity index (χ3v) is 3.71. The van der Waals surface area contributed by atoms with Crippen LogP contribution in [0.4, 0.5) is 5.69 Å². The average molecular weight is 284 g/mol. The first-order valence-electron chi connectivity index (χ1n) is 6.83. The van der Waals surface area contributed by atoms with E-state index in [1.807, 2.05) is 12.1 Å². The molecule has 2 rings (SSSR count). The van der Waals surface area contributed by atoms with Crippen LogP contribution in [0, 0.1) is 6.92 Å². The van der Waals surface area contributed by atoms with Crippen molar-refractivity contribution in [2.24, 2.45) is 5.73 Å². The Bertz CT molecular complexity index is 620. The lowest BCUT2D eigenvalue weighted by Gasteiger charge is -2.15. The second kappa shape index (κ2) is 6.53. The van der Waals surface area contributed by atoms with Crippen molar-refractivity contribution in [2.75, 3.05) is 5.32 Å². The summed E-state index contributed by atoms with van der Waals surface area (Å²) in [6.07, 6.45) is 1.04. The molecule has 0 aliphatic heterocycles. The zero-order valence-corrected chi connectivity index (χ0v) is 12.8. The van der Waals surface area contributed by atoms with Crippen LogP contribution in [-0.4, -0.2) is 4.99 Å². The molecule has 0 fully saturated rings. The lowest BCUT2D eigenvalue weighted by Crippen LogP contribution is -2.14. The van der Waals surface area contributed by atoms with Gasteiger partial charge in [0.15, 0.2) is 0 Å². The fraction of sp³-hybridized carbons (Fsp3) is 0.235. The van der Waals surface area contributed by atoms with Crippen LogP contribution in [0.3, 0.4) is 0 Å². The molecule has 0 aliphatic rings. The summed E-state index contributed by atoms with van der Waals surface area (Å²) >= 11 is 5.13. The number of para-hydroxylation sites is 1. The minimum atomic E-state index is 0.431. The van der Waals surface area contributed by atoms with Gasteiger partial charge in [0, 0.05) is 17.8 Å². The number of hydrogen-bond acceptors (Lipinski definition) is 2. The SMILES string of the molecule is CCc1ccccc1CNc1c(C)cccc1C(N)=S. The van der Waals surface area contributed by atoms with Crippen LogP contribution in [0.1, 0.15) is 29.2 Å². The van der Waals surface area contributed by atoms with Gasteiger partial charge in [0.25, 0.3) is 0 Å². The van der Waals surface area contributed by atoms with E-state index in [-0.39, 0.29) is 0 Å². The highest BCUT2D eigenvalue weighted by atomic mass is 32.1. The maximum atomic E-state index is 5.80. The topological polar surface area (TPSA) is 38.0 Å². The van der Waals surface area contributed by atoms with E-state index in [9.17, 15) is 0 Å². The summed E-state index contributed by atoms with van der Waals surface area (Å²) in [6, 6.07) is 14.5. The van der Waals surface area contributed by atoms with Crippen molar-refractivity contribution in [2.45, 2.75) is 26.8 Å². The van der Waals surface area contributed by atoms with Gasteiger partial charge in [0.2, 0.25) is 0 Å². The van der Waals surface area contributed by atoms with Crippen molar-refractivity contribution in [3.8, 4) is 0 Å². The second-order valence-corrected chi connectivity index (χ2v) is 5.28. The van der Waals surface area contributed by atoms with Crippen molar-refractivity contribution < 1.29 is 0 Å². The minimum Gasteiger partial charge on any atom is -0.389 e. The van der Waals surface area contributed by atoms with Gasteiger partial charge >= 0.3 is 0 Å². The molecule has 0 atom stereocenters. The Morgan fingerprint density at radius 2 is 1.80 bits per heavy atom. The number of nitrogens with two attached hydrogens (primary N) is 1. The molecule has 20 heavy (non-hydrogen) atoms. The van der Waals surface area contributed by atoms with E-state index in [0.29, 0.717) is 4.99 Å². The van der Waals surface area contributed by atoms with E-state index in [1.54, 1.807) is 0 Å². The molecule has 2 nitrogen and oxygen atoms in total. The van der Waals surface area contributed by atoms with Gasteiger partial charge in [-0.15, -0.1) is 0 Å². The number of nitrogens with one attached hydrogen (secondary N) is 1. The van der Waals surface area contributed by atoms with Crippen molar-refractivity contribution >= 4 is 22.9 Å². The normalized spacial score (nSPS) is 10.3. The van der Waals surface area contributed by atoms with Gasteiger partial charge in [-0.25, -0.2) is 0 Å². The molecule has 0 aromatic heterocycles. The largest absolute Gasteiger partial charge is 0.389 e. The Balaban J connectivity index is 2.25. The van der Waals surface area contributed by atoms with Crippen LogP contribution in [0.15, 0.2) is 42.5 Å². The Kier molecular flexibility index (Phi) is 4.74. The number of benzene rings is 2. The minimum absolute atomic E-state index is 0.431. The second-order valence-electron chi connectivity index (χ2n) is 4.84. The maximum absolute atomic E-state index is 5.80. The first-order chi connectivity index (χ1) is 9.63. The maximum Gasteiger partial charge on any atom is 0.106 e. The Morgan fingerprint density at radius 3 is 2.45 bits per heavy atom. The summed E-state index contributed by atoms with van der Waals surface area (Å²) in [5, 5.41) is 3.49. The number of thiocarbonyl (C=S) groups is 1. The fourth-order valence-electron chi connectivity index (χ4n) is 2.37. The zero-order valence-electron chi connectivity index (χ0n) is 11.9. The lowest BCUT2D eigenvalue weighted by molar-refractivity contribution is 1.04. The van der Waals surface area contributed by atoms with Crippen molar-refractivity contribution in [1.82, 2.24) is 0 Å².